The van der Waals surface area contributed by atoms with E-state index in [0.29, 0.717) is 29.5 Å². The van der Waals surface area contributed by atoms with Gasteiger partial charge in [-0.05, 0) is 18.1 Å². The molecule has 0 spiro atoms. The molecule has 0 radical (unpaired) electrons. The number of hydrogen-bond donors (Lipinski definition) is 1. The monoisotopic (exact) mass is 251 g/mol. The van der Waals surface area contributed by atoms with Crippen LogP contribution in [0.2, 0.25) is 0 Å². The highest BCUT2D eigenvalue weighted by molar-refractivity contribution is 5.97. The molecule has 4 nitrogen and oxygen atoms in total. The van der Waals surface area contributed by atoms with E-state index in [-0.39, 0.29) is 5.91 Å². The summed E-state index contributed by atoms with van der Waals surface area (Å²) >= 11 is 0. The fourth-order valence-corrected chi connectivity index (χ4v) is 1.49. The van der Waals surface area contributed by atoms with Crippen molar-refractivity contribution in [2.45, 2.75) is 20.3 Å². The Bertz CT molecular complexity index is 404. The normalized spacial score (nSPS) is 11.8. The van der Waals surface area contributed by atoms with Crippen molar-refractivity contribution in [1.29, 1.82) is 0 Å². The second-order valence-electron chi connectivity index (χ2n) is 4.29. The summed E-state index contributed by atoms with van der Waals surface area (Å²) in [5.41, 5.74) is 0.529. The quantitative estimate of drug-likeness (QED) is 0.845. The van der Waals surface area contributed by atoms with E-state index < -0.39 is 0 Å². The second kappa shape index (κ2) is 6.89. The highest BCUT2D eigenvalue weighted by Gasteiger charge is 2.13. The number of carbonyl (C=O) groups is 1. The third-order valence-electron chi connectivity index (χ3n) is 2.96. The summed E-state index contributed by atoms with van der Waals surface area (Å²) < 4.78 is 10.3. The van der Waals surface area contributed by atoms with Gasteiger partial charge in [0.05, 0.1) is 19.8 Å². The van der Waals surface area contributed by atoms with Gasteiger partial charge in [0, 0.05) is 12.6 Å². The van der Waals surface area contributed by atoms with Crippen LogP contribution in [0.4, 0.5) is 0 Å². The zero-order valence-electron chi connectivity index (χ0n) is 11.4. The molecule has 1 atom stereocenters. The Labute approximate surface area is 108 Å². The molecule has 1 unspecified atom stereocenters. The van der Waals surface area contributed by atoms with E-state index >= 15 is 0 Å². The molecule has 0 aliphatic carbocycles. The first kappa shape index (κ1) is 14.4. The van der Waals surface area contributed by atoms with Crippen LogP contribution in [0.25, 0.3) is 0 Å². The van der Waals surface area contributed by atoms with Crippen molar-refractivity contribution in [3.8, 4) is 11.5 Å². The second-order valence-corrected chi connectivity index (χ2v) is 4.29. The Morgan fingerprint density at radius 2 is 2.06 bits per heavy atom. The van der Waals surface area contributed by atoms with Crippen molar-refractivity contribution in [3.05, 3.63) is 23.8 Å². The Morgan fingerprint density at radius 1 is 1.33 bits per heavy atom. The van der Waals surface area contributed by atoms with Crippen molar-refractivity contribution in [3.63, 3.8) is 0 Å². The van der Waals surface area contributed by atoms with Crippen LogP contribution >= 0.6 is 0 Å². The smallest absolute Gasteiger partial charge is 0.255 e. The van der Waals surface area contributed by atoms with Gasteiger partial charge in [0.25, 0.3) is 5.91 Å². The van der Waals surface area contributed by atoms with Gasteiger partial charge in [-0.15, -0.1) is 0 Å². The molecule has 1 amide bonds. The summed E-state index contributed by atoms with van der Waals surface area (Å²) in [6, 6.07) is 5.17. The number of rotatable bonds is 6. The zero-order valence-corrected chi connectivity index (χ0v) is 11.4. The molecule has 1 N–H and O–H groups in total. The molecule has 0 heterocycles. The highest BCUT2D eigenvalue weighted by atomic mass is 16.5. The molecule has 1 aromatic rings. The number of hydrogen-bond acceptors (Lipinski definition) is 3. The van der Waals surface area contributed by atoms with Crippen LogP contribution in [0.1, 0.15) is 30.6 Å². The summed E-state index contributed by atoms with van der Waals surface area (Å²) in [5.74, 6) is 1.55. The lowest BCUT2D eigenvalue weighted by Gasteiger charge is -2.13. The molecule has 1 rings (SSSR count). The van der Waals surface area contributed by atoms with Gasteiger partial charge < -0.3 is 14.8 Å². The lowest BCUT2D eigenvalue weighted by atomic mass is 10.1. The van der Waals surface area contributed by atoms with E-state index in [9.17, 15) is 4.79 Å². The minimum absolute atomic E-state index is 0.116. The van der Waals surface area contributed by atoms with Gasteiger partial charge in [-0.25, -0.2) is 0 Å². The largest absolute Gasteiger partial charge is 0.497 e. The van der Waals surface area contributed by atoms with Crippen LogP contribution in [0.15, 0.2) is 18.2 Å². The number of benzene rings is 1. The predicted molar refractivity (Wildman–Crippen MR) is 71.3 cm³/mol. The average Bonchev–Trinajstić information content (AvgIpc) is 2.43. The minimum Gasteiger partial charge on any atom is -0.497 e. The molecular weight excluding hydrogens is 230 g/mol. The van der Waals surface area contributed by atoms with Crippen molar-refractivity contribution >= 4 is 5.91 Å². The summed E-state index contributed by atoms with van der Waals surface area (Å²) in [6.45, 7) is 4.88. The van der Waals surface area contributed by atoms with E-state index in [4.69, 9.17) is 9.47 Å². The molecule has 0 aliphatic rings. The van der Waals surface area contributed by atoms with Crippen molar-refractivity contribution in [1.82, 2.24) is 5.32 Å². The van der Waals surface area contributed by atoms with E-state index in [1.54, 1.807) is 32.4 Å². The van der Waals surface area contributed by atoms with Crippen molar-refractivity contribution in [2.75, 3.05) is 20.8 Å². The third-order valence-corrected chi connectivity index (χ3v) is 2.96. The fourth-order valence-electron chi connectivity index (χ4n) is 1.49. The Balaban J connectivity index is 2.78. The number of amides is 1. The van der Waals surface area contributed by atoms with Crippen LogP contribution in [-0.2, 0) is 0 Å². The van der Waals surface area contributed by atoms with E-state index in [0.717, 1.165) is 6.42 Å². The van der Waals surface area contributed by atoms with E-state index in [1.165, 1.54) is 0 Å². The summed E-state index contributed by atoms with van der Waals surface area (Å²) in [7, 11) is 3.12. The molecule has 0 saturated heterocycles. The maximum Gasteiger partial charge on any atom is 0.255 e. The number of ether oxygens (including phenoxy) is 2. The summed E-state index contributed by atoms with van der Waals surface area (Å²) in [4.78, 5) is 12.0. The molecule has 0 fully saturated rings. The molecule has 100 valence electrons. The van der Waals surface area contributed by atoms with Gasteiger partial charge >= 0.3 is 0 Å². The molecule has 0 saturated carbocycles. The van der Waals surface area contributed by atoms with Crippen LogP contribution < -0.4 is 14.8 Å². The van der Waals surface area contributed by atoms with Gasteiger partial charge in [0.2, 0.25) is 0 Å². The van der Waals surface area contributed by atoms with Crippen LogP contribution in [0.3, 0.4) is 0 Å². The Morgan fingerprint density at radius 3 is 2.61 bits per heavy atom. The first-order valence-electron chi connectivity index (χ1n) is 6.12. The summed E-state index contributed by atoms with van der Waals surface area (Å²) in [6.07, 6.45) is 1.04. The molecule has 1 aromatic carbocycles. The van der Waals surface area contributed by atoms with Crippen LogP contribution in [0.5, 0.6) is 11.5 Å². The first-order chi connectivity index (χ1) is 8.62. The molecule has 0 aromatic heterocycles. The zero-order chi connectivity index (χ0) is 13.5. The molecule has 0 bridgehead atoms. The molecule has 0 aliphatic heterocycles. The lowest BCUT2D eigenvalue weighted by molar-refractivity contribution is 0.0944. The highest BCUT2D eigenvalue weighted by Crippen LogP contribution is 2.24. The maximum absolute atomic E-state index is 12.0. The van der Waals surface area contributed by atoms with Gasteiger partial charge in [-0.1, -0.05) is 20.3 Å². The van der Waals surface area contributed by atoms with Gasteiger partial charge in [0.15, 0.2) is 0 Å². The van der Waals surface area contributed by atoms with Crippen LogP contribution in [0, 0.1) is 5.92 Å². The van der Waals surface area contributed by atoms with E-state index in [2.05, 4.69) is 19.2 Å². The average molecular weight is 251 g/mol. The fraction of sp³-hybridized carbons (Fsp3) is 0.500. The third kappa shape index (κ3) is 3.65. The van der Waals surface area contributed by atoms with Crippen molar-refractivity contribution in [2.24, 2.45) is 5.92 Å². The molecule has 4 heteroatoms. The predicted octanol–water partition coefficient (Wildman–Crippen LogP) is 2.48. The standard InChI is InChI=1S/C14H21NO3/c1-5-10(2)9-15-14(16)12-7-6-11(17-3)8-13(12)18-4/h6-8,10H,5,9H2,1-4H3,(H,15,16). The topological polar surface area (TPSA) is 47.6 Å². The van der Waals surface area contributed by atoms with Gasteiger partial charge in [-0.3, -0.25) is 4.79 Å². The van der Waals surface area contributed by atoms with Gasteiger partial charge in [-0.2, -0.15) is 0 Å². The Hall–Kier alpha value is -1.71. The number of carbonyl (C=O) groups excluding carboxylic acids is 1. The minimum atomic E-state index is -0.116. The van der Waals surface area contributed by atoms with Crippen LogP contribution in [-0.4, -0.2) is 26.7 Å². The SMILES string of the molecule is CCC(C)CNC(=O)c1ccc(OC)cc1OC. The van der Waals surface area contributed by atoms with Gasteiger partial charge in [0.1, 0.15) is 11.5 Å². The number of nitrogens with one attached hydrogen (secondary N) is 1. The number of methoxy groups -OCH3 is 2. The Kier molecular flexibility index (Phi) is 5.49. The molecule has 18 heavy (non-hydrogen) atoms. The van der Waals surface area contributed by atoms with E-state index in [1.807, 2.05) is 0 Å². The summed E-state index contributed by atoms with van der Waals surface area (Å²) in [5, 5.41) is 2.90. The van der Waals surface area contributed by atoms with Crippen molar-refractivity contribution < 1.29 is 14.3 Å². The lowest BCUT2D eigenvalue weighted by Crippen LogP contribution is -2.28. The maximum atomic E-state index is 12.0. The molecular formula is C14H21NO3. The first-order valence-corrected chi connectivity index (χ1v) is 6.12.